The average molecular weight is 278 g/mol. The molecular formula is C10H18N2O7. The van der Waals surface area contributed by atoms with Gasteiger partial charge in [0.15, 0.2) is 0 Å². The van der Waals surface area contributed by atoms with Crippen LogP contribution in [0.4, 0.5) is 0 Å². The van der Waals surface area contributed by atoms with E-state index in [0.29, 0.717) is 0 Å². The van der Waals surface area contributed by atoms with E-state index in [-0.39, 0.29) is 13.1 Å². The van der Waals surface area contributed by atoms with Crippen LogP contribution in [0.15, 0.2) is 0 Å². The van der Waals surface area contributed by atoms with E-state index in [0.717, 1.165) is 4.90 Å². The van der Waals surface area contributed by atoms with Gasteiger partial charge in [-0.2, -0.15) is 0 Å². The molecule has 0 fully saturated rings. The Hall–Kier alpha value is -1.71. The molecule has 0 spiro atoms. The van der Waals surface area contributed by atoms with Crippen LogP contribution in [-0.2, 0) is 14.4 Å². The van der Waals surface area contributed by atoms with Crippen LogP contribution in [0.3, 0.4) is 0 Å². The Morgan fingerprint density at radius 2 is 1.53 bits per heavy atom. The molecule has 0 aliphatic heterocycles. The summed E-state index contributed by atoms with van der Waals surface area (Å²) < 4.78 is 0. The molecule has 5 N–H and O–H groups in total. The molecule has 110 valence electrons. The number of rotatable bonds is 10. The maximum Gasteiger partial charge on any atom is 0.317 e. The normalized spacial score (nSPS) is 14.1. The zero-order valence-electron chi connectivity index (χ0n) is 10.4. The third-order valence-corrected chi connectivity index (χ3v) is 2.33. The molecule has 0 aromatic carbocycles. The van der Waals surface area contributed by atoms with Gasteiger partial charge in [-0.15, -0.1) is 0 Å². The van der Waals surface area contributed by atoms with Crippen molar-refractivity contribution in [1.82, 2.24) is 10.2 Å². The lowest BCUT2D eigenvalue weighted by molar-refractivity contribution is -0.144. The summed E-state index contributed by atoms with van der Waals surface area (Å²) in [6, 6.07) is -0.813. The van der Waals surface area contributed by atoms with Gasteiger partial charge in [-0.1, -0.05) is 0 Å². The largest absolute Gasteiger partial charge is 0.480 e. The molecule has 0 aromatic rings. The number of aliphatic hydroxyl groups is 1. The summed E-state index contributed by atoms with van der Waals surface area (Å²) in [5, 5.41) is 38.0. The second-order valence-corrected chi connectivity index (χ2v) is 4.03. The van der Waals surface area contributed by atoms with Crippen LogP contribution in [0.5, 0.6) is 0 Å². The Morgan fingerprint density at radius 3 is 1.84 bits per heavy atom. The van der Waals surface area contributed by atoms with Crippen molar-refractivity contribution >= 4 is 17.9 Å². The molecule has 19 heavy (non-hydrogen) atoms. The lowest BCUT2D eigenvalue weighted by Crippen LogP contribution is -2.52. The Labute approximate surface area is 109 Å². The molecule has 0 rings (SSSR count). The van der Waals surface area contributed by atoms with Crippen molar-refractivity contribution in [2.24, 2.45) is 0 Å². The van der Waals surface area contributed by atoms with Crippen LogP contribution in [0.25, 0.3) is 0 Å². The third kappa shape index (κ3) is 8.08. The van der Waals surface area contributed by atoms with Crippen molar-refractivity contribution in [3.63, 3.8) is 0 Å². The first-order valence-electron chi connectivity index (χ1n) is 5.52. The van der Waals surface area contributed by atoms with Gasteiger partial charge >= 0.3 is 17.9 Å². The number of carbonyl (C=O) groups is 3. The summed E-state index contributed by atoms with van der Waals surface area (Å²) in [6.07, 6.45) is -1.01. The van der Waals surface area contributed by atoms with Crippen LogP contribution in [-0.4, -0.2) is 81.6 Å². The Kier molecular flexibility index (Phi) is 7.65. The van der Waals surface area contributed by atoms with Gasteiger partial charge in [-0.05, 0) is 6.92 Å². The van der Waals surface area contributed by atoms with Gasteiger partial charge in [0, 0.05) is 12.6 Å². The van der Waals surface area contributed by atoms with E-state index in [1.54, 1.807) is 0 Å². The molecule has 0 amide bonds. The van der Waals surface area contributed by atoms with E-state index in [2.05, 4.69) is 5.32 Å². The van der Waals surface area contributed by atoms with Gasteiger partial charge in [0.1, 0.15) is 0 Å². The van der Waals surface area contributed by atoms with Crippen LogP contribution in [0.1, 0.15) is 6.92 Å². The molecule has 0 aromatic heterocycles. The predicted molar refractivity (Wildman–Crippen MR) is 62.8 cm³/mol. The van der Waals surface area contributed by atoms with Crippen LogP contribution in [0, 0.1) is 0 Å². The maximum atomic E-state index is 10.7. The number of aliphatic carboxylic acids is 3. The number of nitrogens with one attached hydrogen (secondary N) is 1. The minimum absolute atomic E-state index is 0.0372. The molecule has 2 unspecified atom stereocenters. The third-order valence-electron chi connectivity index (χ3n) is 2.33. The fourth-order valence-corrected chi connectivity index (χ4v) is 1.57. The summed E-state index contributed by atoms with van der Waals surface area (Å²) in [5.74, 6) is -3.57. The number of hydrogen-bond acceptors (Lipinski definition) is 6. The summed E-state index contributed by atoms with van der Waals surface area (Å²) in [4.78, 5) is 32.7. The summed E-state index contributed by atoms with van der Waals surface area (Å²) in [5.41, 5.74) is 0. The lowest BCUT2D eigenvalue weighted by Gasteiger charge is -2.31. The van der Waals surface area contributed by atoms with Gasteiger partial charge in [-0.3, -0.25) is 19.3 Å². The van der Waals surface area contributed by atoms with Gasteiger partial charge in [0.05, 0.1) is 25.7 Å². The van der Waals surface area contributed by atoms with E-state index in [9.17, 15) is 19.5 Å². The highest BCUT2D eigenvalue weighted by Crippen LogP contribution is 2.04. The summed E-state index contributed by atoms with van der Waals surface area (Å²) in [7, 11) is 0. The minimum Gasteiger partial charge on any atom is -0.480 e. The van der Waals surface area contributed by atoms with Gasteiger partial charge < -0.3 is 25.7 Å². The summed E-state index contributed by atoms with van der Waals surface area (Å²) in [6.45, 7) is -0.140. The highest BCUT2D eigenvalue weighted by molar-refractivity contribution is 5.72. The van der Waals surface area contributed by atoms with Crippen molar-refractivity contribution in [1.29, 1.82) is 0 Å². The number of hydrogen-bond donors (Lipinski definition) is 5. The molecule has 0 saturated carbocycles. The molecule has 0 radical (unpaired) electrons. The van der Waals surface area contributed by atoms with Crippen LogP contribution < -0.4 is 5.32 Å². The summed E-state index contributed by atoms with van der Waals surface area (Å²) >= 11 is 0. The molecule has 0 heterocycles. The Balaban J connectivity index is 4.68. The SMILES string of the molecule is CC(O)C(CNCC(=O)O)N(CC(=O)O)CC(=O)O. The van der Waals surface area contributed by atoms with Gasteiger partial charge in [-0.25, -0.2) is 0 Å². The second-order valence-electron chi connectivity index (χ2n) is 4.03. The number of carboxylic acids is 3. The predicted octanol–water partition coefficient (Wildman–Crippen LogP) is -2.12. The van der Waals surface area contributed by atoms with Crippen LogP contribution >= 0.6 is 0 Å². The molecule has 0 bridgehead atoms. The van der Waals surface area contributed by atoms with Gasteiger partial charge in [0.25, 0.3) is 0 Å². The number of aliphatic hydroxyl groups excluding tert-OH is 1. The van der Waals surface area contributed by atoms with Crippen molar-refractivity contribution in [2.75, 3.05) is 26.2 Å². The molecule has 9 nitrogen and oxygen atoms in total. The fourth-order valence-electron chi connectivity index (χ4n) is 1.57. The first-order valence-corrected chi connectivity index (χ1v) is 5.52. The number of nitrogens with zero attached hydrogens (tertiary/aromatic N) is 1. The highest BCUT2D eigenvalue weighted by atomic mass is 16.4. The molecule has 0 aliphatic carbocycles. The second kappa shape index (κ2) is 8.40. The van der Waals surface area contributed by atoms with Crippen molar-refractivity contribution in [3.8, 4) is 0 Å². The van der Waals surface area contributed by atoms with Crippen LogP contribution in [0.2, 0.25) is 0 Å². The minimum atomic E-state index is -1.23. The monoisotopic (exact) mass is 278 g/mol. The first kappa shape index (κ1) is 17.3. The molecule has 0 aliphatic rings. The Bertz CT molecular complexity index is 316. The van der Waals surface area contributed by atoms with E-state index in [4.69, 9.17) is 15.3 Å². The lowest BCUT2D eigenvalue weighted by atomic mass is 10.1. The zero-order valence-corrected chi connectivity index (χ0v) is 10.4. The quantitative estimate of drug-likeness (QED) is 0.302. The number of carboxylic acid groups (broad SMARTS) is 3. The zero-order chi connectivity index (χ0) is 15.0. The topological polar surface area (TPSA) is 147 Å². The van der Waals surface area contributed by atoms with Crippen molar-refractivity contribution < 1.29 is 34.8 Å². The van der Waals surface area contributed by atoms with Crippen molar-refractivity contribution in [3.05, 3.63) is 0 Å². The van der Waals surface area contributed by atoms with E-state index in [1.807, 2.05) is 0 Å². The highest BCUT2D eigenvalue weighted by Gasteiger charge is 2.26. The van der Waals surface area contributed by atoms with E-state index in [1.165, 1.54) is 6.92 Å². The molecule has 2 atom stereocenters. The fraction of sp³-hybridized carbons (Fsp3) is 0.700. The Morgan fingerprint density at radius 1 is 1.05 bits per heavy atom. The van der Waals surface area contributed by atoms with E-state index < -0.39 is 43.1 Å². The maximum absolute atomic E-state index is 10.7. The molecular weight excluding hydrogens is 260 g/mol. The average Bonchev–Trinajstić information content (AvgIpc) is 2.21. The van der Waals surface area contributed by atoms with Gasteiger partial charge in [0.2, 0.25) is 0 Å². The smallest absolute Gasteiger partial charge is 0.317 e. The van der Waals surface area contributed by atoms with E-state index >= 15 is 0 Å². The molecule has 9 heteroatoms. The van der Waals surface area contributed by atoms with Crippen molar-refractivity contribution in [2.45, 2.75) is 19.1 Å². The molecule has 0 saturated heterocycles. The standard InChI is InChI=1S/C10H18N2O7/c1-6(13)7(2-11-3-8(14)15)12(4-9(16)17)5-10(18)19/h6-7,11,13H,2-5H2,1H3,(H,14,15)(H,16,17)(H,18,19). The first-order chi connectivity index (χ1) is 8.73.